The second-order valence-corrected chi connectivity index (χ2v) is 3.50. The van der Waals surface area contributed by atoms with Gasteiger partial charge in [0.15, 0.2) is 5.60 Å². The molecule has 0 aliphatic carbocycles. The predicted molar refractivity (Wildman–Crippen MR) is 52.8 cm³/mol. The van der Waals surface area contributed by atoms with Crippen molar-refractivity contribution in [1.29, 1.82) is 0 Å². The summed E-state index contributed by atoms with van der Waals surface area (Å²) in [6, 6.07) is 6.67. The molecule has 1 aromatic carbocycles. The van der Waals surface area contributed by atoms with E-state index in [9.17, 15) is 14.7 Å². The van der Waals surface area contributed by atoms with E-state index in [-0.39, 0.29) is 0 Å². The standard InChI is InChI=1S/C10H10N2O3/c11-8(13)5-10(15)6-3-1-2-4-7(6)12-9(10)14/h1-4,15H,5H2,(H2,11,13)(H,12,14)/t10-/m0/s1. The lowest BCUT2D eigenvalue weighted by atomic mass is 9.92. The van der Waals surface area contributed by atoms with Crippen molar-refractivity contribution < 1.29 is 14.7 Å². The number of hydrogen-bond donors (Lipinski definition) is 3. The lowest BCUT2D eigenvalue weighted by molar-refractivity contribution is -0.139. The topological polar surface area (TPSA) is 92.4 Å². The summed E-state index contributed by atoms with van der Waals surface area (Å²) in [5.41, 5.74) is 4.10. The number of carbonyl (C=O) groups is 2. The van der Waals surface area contributed by atoms with Gasteiger partial charge < -0.3 is 16.2 Å². The fourth-order valence-corrected chi connectivity index (χ4v) is 1.73. The van der Waals surface area contributed by atoms with E-state index in [2.05, 4.69) is 5.32 Å². The minimum atomic E-state index is -1.82. The van der Waals surface area contributed by atoms with Gasteiger partial charge in [0.1, 0.15) is 0 Å². The summed E-state index contributed by atoms with van der Waals surface area (Å²) >= 11 is 0. The molecule has 4 N–H and O–H groups in total. The molecular weight excluding hydrogens is 196 g/mol. The number of fused-ring (bicyclic) bond motifs is 1. The highest BCUT2D eigenvalue weighted by Crippen LogP contribution is 2.37. The summed E-state index contributed by atoms with van der Waals surface area (Å²) < 4.78 is 0. The van der Waals surface area contributed by atoms with E-state index >= 15 is 0 Å². The smallest absolute Gasteiger partial charge is 0.261 e. The van der Waals surface area contributed by atoms with Crippen LogP contribution in [0.25, 0.3) is 0 Å². The molecule has 5 nitrogen and oxygen atoms in total. The first-order valence-electron chi connectivity index (χ1n) is 4.45. The summed E-state index contributed by atoms with van der Waals surface area (Å²) in [4.78, 5) is 22.3. The van der Waals surface area contributed by atoms with E-state index < -0.39 is 23.8 Å². The van der Waals surface area contributed by atoms with Crippen molar-refractivity contribution in [2.24, 2.45) is 5.73 Å². The van der Waals surface area contributed by atoms with Crippen LogP contribution in [0.15, 0.2) is 24.3 Å². The quantitative estimate of drug-likeness (QED) is 0.620. The number of hydrogen-bond acceptors (Lipinski definition) is 3. The van der Waals surface area contributed by atoms with Gasteiger partial charge in [0.25, 0.3) is 5.91 Å². The van der Waals surface area contributed by atoms with Crippen molar-refractivity contribution in [2.75, 3.05) is 5.32 Å². The molecule has 0 spiro atoms. The molecule has 1 aliphatic rings. The predicted octanol–water partition coefficient (Wildman–Crippen LogP) is -0.298. The Morgan fingerprint density at radius 1 is 1.47 bits per heavy atom. The number of carbonyl (C=O) groups excluding carboxylic acids is 2. The number of para-hydroxylation sites is 1. The molecule has 0 fully saturated rings. The zero-order chi connectivity index (χ0) is 11.1. The highest BCUT2D eigenvalue weighted by atomic mass is 16.3. The van der Waals surface area contributed by atoms with Crippen LogP contribution < -0.4 is 11.1 Å². The Hall–Kier alpha value is -1.88. The Morgan fingerprint density at radius 3 is 2.80 bits per heavy atom. The number of anilines is 1. The van der Waals surface area contributed by atoms with Crippen LogP contribution in [-0.2, 0) is 15.2 Å². The van der Waals surface area contributed by atoms with Gasteiger partial charge in [0, 0.05) is 11.3 Å². The minimum Gasteiger partial charge on any atom is -0.375 e. The third kappa shape index (κ3) is 1.37. The Balaban J connectivity index is 2.49. The van der Waals surface area contributed by atoms with Gasteiger partial charge in [-0.05, 0) is 6.07 Å². The number of primary amides is 1. The van der Waals surface area contributed by atoms with Crippen molar-refractivity contribution in [2.45, 2.75) is 12.0 Å². The first-order chi connectivity index (χ1) is 7.04. The Morgan fingerprint density at radius 2 is 2.13 bits per heavy atom. The van der Waals surface area contributed by atoms with E-state index in [0.717, 1.165) is 0 Å². The second-order valence-electron chi connectivity index (χ2n) is 3.50. The third-order valence-electron chi connectivity index (χ3n) is 2.43. The maximum atomic E-state index is 11.5. The molecule has 1 atom stereocenters. The molecule has 5 heteroatoms. The van der Waals surface area contributed by atoms with Gasteiger partial charge in [-0.15, -0.1) is 0 Å². The fourth-order valence-electron chi connectivity index (χ4n) is 1.73. The number of amides is 2. The van der Waals surface area contributed by atoms with Crippen molar-refractivity contribution in [3.63, 3.8) is 0 Å². The molecule has 0 saturated carbocycles. The van der Waals surface area contributed by atoms with Crippen LogP contribution in [0, 0.1) is 0 Å². The molecule has 2 rings (SSSR count). The summed E-state index contributed by atoms with van der Waals surface area (Å²) in [5, 5.41) is 12.6. The van der Waals surface area contributed by atoms with Crippen molar-refractivity contribution in [1.82, 2.24) is 0 Å². The van der Waals surface area contributed by atoms with Crippen LogP contribution in [0.1, 0.15) is 12.0 Å². The van der Waals surface area contributed by atoms with Gasteiger partial charge in [-0.1, -0.05) is 18.2 Å². The largest absolute Gasteiger partial charge is 0.375 e. The zero-order valence-electron chi connectivity index (χ0n) is 7.86. The Labute approximate surface area is 85.9 Å². The highest BCUT2D eigenvalue weighted by molar-refractivity contribution is 6.06. The first kappa shape index (κ1) is 9.67. The van der Waals surface area contributed by atoms with Crippen LogP contribution in [0.4, 0.5) is 5.69 Å². The van der Waals surface area contributed by atoms with Gasteiger partial charge in [-0.2, -0.15) is 0 Å². The molecule has 1 heterocycles. The molecular formula is C10H10N2O3. The molecule has 78 valence electrons. The summed E-state index contributed by atoms with van der Waals surface area (Å²) in [6.45, 7) is 0. The zero-order valence-corrected chi connectivity index (χ0v) is 7.86. The van der Waals surface area contributed by atoms with Gasteiger partial charge in [-0.3, -0.25) is 9.59 Å². The van der Waals surface area contributed by atoms with Gasteiger partial charge in [0.05, 0.1) is 6.42 Å². The molecule has 0 radical (unpaired) electrons. The van der Waals surface area contributed by atoms with Crippen molar-refractivity contribution in [3.05, 3.63) is 29.8 Å². The van der Waals surface area contributed by atoms with Crippen molar-refractivity contribution in [3.8, 4) is 0 Å². The maximum Gasteiger partial charge on any atom is 0.261 e. The minimum absolute atomic E-state index is 0.397. The summed E-state index contributed by atoms with van der Waals surface area (Å²) in [6.07, 6.45) is -0.407. The van der Waals surface area contributed by atoms with Crippen LogP contribution in [-0.4, -0.2) is 16.9 Å². The molecule has 1 aliphatic heterocycles. The average molecular weight is 206 g/mol. The van der Waals surface area contributed by atoms with E-state index in [4.69, 9.17) is 5.73 Å². The lowest BCUT2D eigenvalue weighted by Crippen LogP contribution is -2.38. The molecule has 1 aromatic rings. The van der Waals surface area contributed by atoms with Crippen molar-refractivity contribution >= 4 is 17.5 Å². The van der Waals surface area contributed by atoms with E-state index in [0.29, 0.717) is 11.3 Å². The fraction of sp³-hybridized carbons (Fsp3) is 0.200. The molecule has 0 unspecified atom stereocenters. The van der Waals surface area contributed by atoms with Gasteiger partial charge in [0.2, 0.25) is 5.91 Å². The molecule has 15 heavy (non-hydrogen) atoms. The average Bonchev–Trinajstić information content (AvgIpc) is 2.39. The Bertz CT molecular complexity index is 444. The Kier molecular flexibility index (Phi) is 1.97. The van der Waals surface area contributed by atoms with E-state index in [1.165, 1.54) is 0 Å². The van der Waals surface area contributed by atoms with Gasteiger partial charge >= 0.3 is 0 Å². The third-order valence-corrected chi connectivity index (χ3v) is 2.43. The number of nitrogens with two attached hydrogens (primary N) is 1. The normalized spacial score (nSPS) is 23.4. The second kappa shape index (κ2) is 3.06. The lowest BCUT2D eigenvalue weighted by Gasteiger charge is -2.18. The maximum absolute atomic E-state index is 11.5. The van der Waals surface area contributed by atoms with Gasteiger partial charge in [-0.25, -0.2) is 0 Å². The van der Waals surface area contributed by atoms with Crippen LogP contribution in [0.5, 0.6) is 0 Å². The number of nitrogens with one attached hydrogen (secondary N) is 1. The number of benzene rings is 1. The highest BCUT2D eigenvalue weighted by Gasteiger charge is 2.46. The molecule has 2 amide bonds. The van der Waals surface area contributed by atoms with Crippen LogP contribution >= 0.6 is 0 Å². The molecule has 0 saturated heterocycles. The first-order valence-corrected chi connectivity index (χ1v) is 4.45. The van der Waals surface area contributed by atoms with E-state index in [1.807, 2.05) is 0 Å². The monoisotopic (exact) mass is 206 g/mol. The SMILES string of the molecule is NC(=O)C[C@@]1(O)C(=O)Nc2ccccc21. The summed E-state index contributed by atoms with van der Waals surface area (Å²) in [5.74, 6) is -1.33. The molecule has 0 bridgehead atoms. The number of rotatable bonds is 2. The van der Waals surface area contributed by atoms with Crippen LogP contribution in [0.3, 0.4) is 0 Å². The summed E-state index contributed by atoms with van der Waals surface area (Å²) in [7, 11) is 0. The van der Waals surface area contributed by atoms with E-state index in [1.54, 1.807) is 24.3 Å². The molecule has 0 aromatic heterocycles. The number of aliphatic hydroxyl groups is 1. The van der Waals surface area contributed by atoms with Crippen LogP contribution in [0.2, 0.25) is 0 Å².